The van der Waals surface area contributed by atoms with Crippen LogP contribution >= 0.6 is 0 Å². The number of hydrogen-bond acceptors (Lipinski definition) is 5. The van der Waals surface area contributed by atoms with Gasteiger partial charge in [0.05, 0.1) is 25.1 Å². The Kier molecular flexibility index (Phi) is 8.39. The van der Waals surface area contributed by atoms with Gasteiger partial charge in [0, 0.05) is 11.3 Å². The van der Waals surface area contributed by atoms with E-state index in [0.717, 1.165) is 5.56 Å². The molecule has 2 amide bonds. The molecule has 32 heavy (non-hydrogen) atoms. The average Bonchev–Trinajstić information content (AvgIpc) is 2.80. The number of hydrogen-bond donors (Lipinski definition) is 2. The fraction of sp³-hybridized carbons (Fsp3) is 0.400. The second kappa shape index (κ2) is 11.4. The Bertz CT molecular complexity index is 924. The summed E-state index contributed by atoms with van der Waals surface area (Å²) >= 11 is 0. The molecule has 1 heterocycles. The van der Waals surface area contributed by atoms with E-state index in [1.807, 2.05) is 42.2 Å². The Morgan fingerprint density at radius 2 is 1.78 bits per heavy atom. The lowest BCUT2D eigenvalue weighted by atomic mass is 9.97. The number of ether oxygens (including phenoxy) is 1. The molecule has 1 saturated heterocycles. The first-order valence-corrected chi connectivity index (χ1v) is 11.1. The van der Waals surface area contributed by atoms with Crippen LogP contribution in [0, 0.1) is 5.92 Å². The van der Waals surface area contributed by atoms with Crippen molar-refractivity contribution in [1.29, 1.82) is 0 Å². The van der Waals surface area contributed by atoms with E-state index in [-0.39, 0.29) is 36.3 Å². The standard InChI is InChI=1S/C25H31N3O4/c1-3-32-25(31)20-12-14-28(15-13-20)17-23(29)27-22-11-7-10-21(16-22)24(30)26-18(2)19-8-5-4-6-9-19/h4-11,16,18,20H,3,12-15,17H2,1-2H3,(H,26,30)(H,27,29). The normalized spacial score (nSPS) is 15.6. The monoisotopic (exact) mass is 437 g/mol. The molecule has 0 saturated carbocycles. The van der Waals surface area contributed by atoms with E-state index in [2.05, 4.69) is 10.6 Å². The van der Waals surface area contributed by atoms with E-state index < -0.39 is 0 Å². The van der Waals surface area contributed by atoms with Crippen LogP contribution in [0.1, 0.15) is 48.7 Å². The number of nitrogens with one attached hydrogen (secondary N) is 2. The molecule has 3 rings (SSSR count). The fourth-order valence-corrected chi connectivity index (χ4v) is 3.83. The average molecular weight is 438 g/mol. The number of likely N-dealkylation sites (tertiary alicyclic amines) is 1. The zero-order valence-corrected chi connectivity index (χ0v) is 18.7. The number of benzene rings is 2. The number of nitrogens with zero attached hydrogens (tertiary/aromatic N) is 1. The van der Waals surface area contributed by atoms with Gasteiger partial charge in [0.2, 0.25) is 5.91 Å². The third kappa shape index (κ3) is 6.65. The summed E-state index contributed by atoms with van der Waals surface area (Å²) in [5.41, 5.74) is 2.09. The fourth-order valence-electron chi connectivity index (χ4n) is 3.83. The van der Waals surface area contributed by atoms with Crippen molar-refractivity contribution in [2.75, 3.05) is 31.6 Å². The first kappa shape index (κ1) is 23.5. The van der Waals surface area contributed by atoms with Gasteiger partial charge in [0.25, 0.3) is 5.91 Å². The molecule has 1 fully saturated rings. The van der Waals surface area contributed by atoms with E-state index in [1.165, 1.54) is 0 Å². The number of carbonyl (C=O) groups excluding carboxylic acids is 3. The summed E-state index contributed by atoms with van der Waals surface area (Å²) < 4.78 is 5.09. The lowest BCUT2D eigenvalue weighted by Gasteiger charge is -2.30. The third-order valence-corrected chi connectivity index (χ3v) is 5.63. The maximum absolute atomic E-state index is 12.6. The van der Waals surface area contributed by atoms with Crippen LogP contribution in [0.15, 0.2) is 54.6 Å². The van der Waals surface area contributed by atoms with Crippen LogP contribution in [-0.4, -0.2) is 48.9 Å². The molecule has 1 unspecified atom stereocenters. The lowest BCUT2D eigenvalue weighted by Crippen LogP contribution is -2.41. The van der Waals surface area contributed by atoms with Crippen molar-refractivity contribution in [2.45, 2.75) is 32.7 Å². The largest absolute Gasteiger partial charge is 0.466 e. The van der Waals surface area contributed by atoms with Gasteiger partial charge in [0.1, 0.15) is 0 Å². The van der Waals surface area contributed by atoms with Gasteiger partial charge < -0.3 is 15.4 Å². The van der Waals surface area contributed by atoms with E-state index in [9.17, 15) is 14.4 Å². The molecule has 2 aromatic carbocycles. The van der Waals surface area contributed by atoms with E-state index in [1.54, 1.807) is 31.2 Å². The number of piperidine rings is 1. The Hall–Kier alpha value is -3.19. The topological polar surface area (TPSA) is 87.7 Å². The summed E-state index contributed by atoms with van der Waals surface area (Å²) in [4.78, 5) is 39.0. The van der Waals surface area contributed by atoms with Crippen molar-refractivity contribution >= 4 is 23.5 Å². The van der Waals surface area contributed by atoms with Crippen LogP contribution < -0.4 is 10.6 Å². The zero-order valence-electron chi connectivity index (χ0n) is 18.7. The second-order valence-electron chi connectivity index (χ2n) is 8.04. The first-order valence-electron chi connectivity index (χ1n) is 11.1. The molecule has 7 heteroatoms. The predicted molar refractivity (Wildman–Crippen MR) is 123 cm³/mol. The summed E-state index contributed by atoms with van der Waals surface area (Å²) in [7, 11) is 0. The van der Waals surface area contributed by atoms with Crippen LogP contribution in [0.3, 0.4) is 0 Å². The molecule has 0 bridgehead atoms. The van der Waals surface area contributed by atoms with Crippen LogP contribution in [0.25, 0.3) is 0 Å². The Labute approximate surface area is 189 Å². The molecule has 2 N–H and O–H groups in total. The smallest absolute Gasteiger partial charge is 0.309 e. The minimum absolute atomic E-state index is 0.0808. The molecular weight excluding hydrogens is 406 g/mol. The molecule has 1 aliphatic heterocycles. The third-order valence-electron chi connectivity index (χ3n) is 5.63. The Morgan fingerprint density at radius 1 is 1.06 bits per heavy atom. The summed E-state index contributed by atoms with van der Waals surface area (Å²) in [5, 5.41) is 5.85. The van der Waals surface area contributed by atoms with E-state index in [4.69, 9.17) is 4.74 Å². The highest BCUT2D eigenvalue weighted by atomic mass is 16.5. The van der Waals surface area contributed by atoms with E-state index in [0.29, 0.717) is 43.8 Å². The highest BCUT2D eigenvalue weighted by molar-refractivity contribution is 5.97. The molecule has 1 aliphatic rings. The molecule has 2 aromatic rings. The van der Waals surface area contributed by atoms with Crippen molar-refractivity contribution in [2.24, 2.45) is 5.92 Å². The molecular formula is C25H31N3O4. The minimum Gasteiger partial charge on any atom is -0.466 e. The lowest BCUT2D eigenvalue weighted by molar-refractivity contribution is -0.149. The number of carbonyl (C=O) groups is 3. The number of esters is 1. The highest BCUT2D eigenvalue weighted by Crippen LogP contribution is 2.19. The number of rotatable bonds is 8. The van der Waals surface area contributed by atoms with E-state index >= 15 is 0 Å². The van der Waals surface area contributed by atoms with Gasteiger partial charge in [-0.1, -0.05) is 36.4 Å². The van der Waals surface area contributed by atoms with Crippen molar-refractivity contribution in [1.82, 2.24) is 10.2 Å². The van der Waals surface area contributed by atoms with Gasteiger partial charge >= 0.3 is 5.97 Å². The highest BCUT2D eigenvalue weighted by Gasteiger charge is 2.26. The number of anilines is 1. The maximum atomic E-state index is 12.6. The molecule has 7 nitrogen and oxygen atoms in total. The van der Waals surface area contributed by atoms with Crippen molar-refractivity contribution in [3.8, 4) is 0 Å². The molecule has 0 aliphatic carbocycles. The summed E-state index contributed by atoms with van der Waals surface area (Å²) in [6.07, 6.45) is 1.39. The van der Waals surface area contributed by atoms with Gasteiger partial charge in [-0.3, -0.25) is 19.3 Å². The van der Waals surface area contributed by atoms with Crippen molar-refractivity contribution in [3.63, 3.8) is 0 Å². The zero-order chi connectivity index (χ0) is 22.9. The van der Waals surface area contributed by atoms with Gasteiger partial charge in [-0.15, -0.1) is 0 Å². The predicted octanol–water partition coefficient (Wildman–Crippen LogP) is 3.39. The summed E-state index contributed by atoms with van der Waals surface area (Å²) in [5.74, 6) is -0.565. The van der Waals surface area contributed by atoms with Gasteiger partial charge in [0.15, 0.2) is 0 Å². The van der Waals surface area contributed by atoms with Crippen LogP contribution in [0.2, 0.25) is 0 Å². The quantitative estimate of drug-likeness (QED) is 0.618. The van der Waals surface area contributed by atoms with Gasteiger partial charge in [-0.05, 0) is 63.5 Å². The molecule has 170 valence electrons. The number of amides is 2. The second-order valence-corrected chi connectivity index (χ2v) is 8.04. The Balaban J connectivity index is 1.49. The Morgan fingerprint density at radius 3 is 2.47 bits per heavy atom. The molecule has 0 spiro atoms. The van der Waals surface area contributed by atoms with Crippen molar-refractivity contribution < 1.29 is 19.1 Å². The van der Waals surface area contributed by atoms with Crippen LogP contribution in [0.4, 0.5) is 5.69 Å². The molecule has 1 atom stereocenters. The summed E-state index contributed by atoms with van der Waals surface area (Å²) in [6, 6.07) is 16.5. The minimum atomic E-state index is -0.196. The first-order chi connectivity index (χ1) is 15.5. The van der Waals surface area contributed by atoms with Gasteiger partial charge in [-0.2, -0.15) is 0 Å². The maximum Gasteiger partial charge on any atom is 0.309 e. The summed E-state index contributed by atoms with van der Waals surface area (Å²) in [6.45, 7) is 5.73. The van der Waals surface area contributed by atoms with Crippen LogP contribution in [-0.2, 0) is 14.3 Å². The SMILES string of the molecule is CCOC(=O)C1CCN(CC(=O)Nc2cccc(C(=O)NC(C)c3ccccc3)c2)CC1. The molecule has 0 aromatic heterocycles. The van der Waals surface area contributed by atoms with Gasteiger partial charge in [-0.25, -0.2) is 0 Å². The van der Waals surface area contributed by atoms with Crippen molar-refractivity contribution in [3.05, 3.63) is 65.7 Å². The van der Waals surface area contributed by atoms with Crippen LogP contribution in [0.5, 0.6) is 0 Å². The molecule has 0 radical (unpaired) electrons.